The van der Waals surface area contributed by atoms with Crippen LogP contribution in [0.5, 0.6) is 0 Å². The number of aromatic amines is 1. The van der Waals surface area contributed by atoms with Crippen LogP contribution in [0.25, 0.3) is 10.9 Å². The van der Waals surface area contributed by atoms with Gasteiger partial charge in [-0.1, -0.05) is 54.2 Å². The van der Waals surface area contributed by atoms with E-state index >= 15 is 0 Å². The molecule has 0 saturated carbocycles. The molecule has 0 aliphatic heterocycles. The maximum Gasteiger partial charge on any atom is 0.258 e. The zero-order chi connectivity index (χ0) is 20.9. The Kier molecular flexibility index (Phi) is 6.25. The number of rotatable bonds is 8. The number of ether oxygens (including phenoxy) is 1. The molecular weight excluding hydrogens is 398 g/mol. The van der Waals surface area contributed by atoms with E-state index in [2.05, 4.69) is 36.9 Å². The van der Waals surface area contributed by atoms with Crippen LogP contribution in [0, 0.1) is 0 Å². The summed E-state index contributed by atoms with van der Waals surface area (Å²) in [6.07, 6.45) is 0.692. The van der Waals surface area contributed by atoms with E-state index in [1.165, 1.54) is 17.3 Å². The highest BCUT2D eigenvalue weighted by Gasteiger charge is 2.19. The molecule has 0 aliphatic rings. The number of hydrogen-bond acceptors (Lipinski definition) is 6. The summed E-state index contributed by atoms with van der Waals surface area (Å²) in [4.78, 5) is 20.0. The van der Waals surface area contributed by atoms with Gasteiger partial charge in [0.05, 0.1) is 22.8 Å². The van der Waals surface area contributed by atoms with Gasteiger partial charge in [-0.25, -0.2) is 4.98 Å². The number of H-pyrrole nitrogens is 1. The fourth-order valence-electron chi connectivity index (χ4n) is 3.23. The minimum atomic E-state index is -0.131. The minimum Gasteiger partial charge on any atom is -0.383 e. The van der Waals surface area contributed by atoms with Gasteiger partial charge in [-0.05, 0) is 24.6 Å². The topological polar surface area (TPSA) is 85.7 Å². The summed E-state index contributed by atoms with van der Waals surface area (Å²) in [5, 5.41) is 10.1. The second-order valence-electron chi connectivity index (χ2n) is 6.93. The second-order valence-corrected chi connectivity index (χ2v) is 8.24. The molecule has 2 aromatic heterocycles. The van der Waals surface area contributed by atoms with Gasteiger partial charge >= 0.3 is 0 Å². The van der Waals surface area contributed by atoms with Gasteiger partial charge in [-0.2, -0.15) is 0 Å². The Bertz CT molecular complexity index is 1190. The summed E-state index contributed by atoms with van der Waals surface area (Å²) in [7, 11) is 1.68. The van der Waals surface area contributed by atoms with Crippen molar-refractivity contribution in [2.75, 3.05) is 13.7 Å². The molecule has 0 fully saturated rings. The van der Waals surface area contributed by atoms with Crippen molar-refractivity contribution in [1.29, 1.82) is 0 Å². The molecule has 8 heteroatoms. The van der Waals surface area contributed by atoms with Crippen LogP contribution >= 0.6 is 11.8 Å². The standard InChI is InChI=1S/C22H23N5O2S/c1-15(20-23-18-11-7-6-10-17(18)21(28)24-20)30-22-26-25-19(27(22)12-13-29-2)14-16-8-4-3-5-9-16/h3-11,15H,12-14H2,1-2H3,(H,23,24,28)/t15-/m1/s1. The van der Waals surface area contributed by atoms with Crippen molar-refractivity contribution < 1.29 is 4.74 Å². The first-order valence-corrected chi connectivity index (χ1v) is 10.6. The third-order valence-electron chi connectivity index (χ3n) is 4.82. The van der Waals surface area contributed by atoms with Crippen molar-refractivity contribution in [1.82, 2.24) is 24.7 Å². The lowest BCUT2D eigenvalue weighted by molar-refractivity contribution is 0.184. The van der Waals surface area contributed by atoms with E-state index in [4.69, 9.17) is 4.74 Å². The quantitative estimate of drug-likeness (QED) is 0.438. The molecule has 7 nitrogen and oxygen atoms in total. The molecule has 1 N–H and O–H groups in total. The highest BCUT2D eigenvalue weighted by molar-refractivity contribution is 7.99. The molecule has 0 bridgehead atoms. The van der Waals surface area contributed by atoms with Crippen molar-refractivity contribution in [2.24, 2.45) is 0 Å². The van der Waals surface area contributed by atoms with Crippen molar-refractivity contribution in [3.05, 3.63) is 82.2 Å². The van der Waals surface area contributed by atoms with E-state index in [9.17, 15) is 4.79 Å². The molecule has 4 aromatic rings. The normalized spacial score (nSPS) is 12.3. The highest BCUT2D eigenvalue weighted by Crippen LogP contribution is 2.32. The zero-order valence-electron chi connectivity index (χ0n) is 16.9. The van der Waals surface area contributed by atoms with Gasteiger partial charge in [0, 0.05) is 20.1 Å². The Morgan fingerprint density at radius 1 is 1.10 bits per heavy atom. The molecule has 0 amide bonds. The van der Waals surface area contributed by atoms with E-state index in [0.717, 1.165) is 11.0 Å². The Morgan fingerprint density at radius 3 is 2.67 bits per heavy atom. The molecule has 2 aromatic carbocycles. The second kappa shape index (κ2) is 9.23. The fraction of sp³-hybridized carbons (Fsp3) is 0.273. The average molecular weight is 422 g/mol. The lowest BCUT2D eigenvalue weighted by atomic mass is 10.1. The molecule has 0 saturated heterocycles. The molecule has 0 radical (unpaired) electrons. The van der Waals surface area contributed by atoms with Crippen molar-refractivity contribution in [3.8, 4) is 0 Å². The van der Waals surface area contributed by atoms with Gasteiger partial charge in [0.1, 0.15) is 11.6 Å². The predicted octanol–water partition coefficient (Wildman–Crippen LogP) is 3.61. The molecule has 154 valence electrons. The molecule has 0 unspecified atom stereocenters. The van der Waals surface area contributed by atoms with Gasteiger partial charge in [0.2, 0.25) is 0 Å². The third kappa shape index (κ3) is 4.44. The Hall–Kier alpha value is -2.97. The van der Waals surface area contributed by atoms with Crippen LogP contribution in [0.15, 0.2) is 64.5 Å². The third-order valence-corrected chi connectivity index (χ3v) is 5.91. The summed E-state index contributed by atoms with van der Waals surface area (Å²) in [6.45, 7) is 3.22. The lowest BCUT2D eigenvalue weighted by Crippen LogP contribution is -2.14. The van der Waals surface area contributed by atoms with Gasteiger partial charge in [-0.3, -0.25) is 4.79 Å². The average Bonchev–Trinajstić information content (AvgIpc) is 3.13. The smallest absolute Gasteiger partial charge is 0.258 e. The van der Waals surface area contributed by atoms with Gasteiger partial charge < -0.3 is 14.3 Å². The SMILES string of the molecule is COCCn1c(Cc2ccccc2)nnc1S[C@H](C)c1nc2ccccc2c(=O)[nH]1. The van der Waals surface area contributed by atoms with E-state index in [0.29, 0.717) is 36.3 Å². The van der Waals surface area contributed by atoms with E-state index in [1.54, 1.807) is 13.2 Å². The number of thioether (sulfide) groups is 1. The van der Waals surface area contributed by atoms with Crippen LogP contribution in [0.2, 0.25) is 0 Å². The number of nitrogens with one attached hydrogen (secondary N) is 1. The maximum absolute atomic E-state index is 12.4. The number of hydrogen-bond donors (Lipinski definition) is 1. The fourth-order valence-corrected chi connectivity index (χ4v) is 4.18. The first-order chi connectivity index (χ1) is 14.7. The number of benzene rings is 2. The van der Waals surface area contributed by atoms with Crippen LogP contribution in [-0.2, 0) is 17.7 Å². The van der Waals surface area contributed by atoms with Crippen LogP contribution in [0.4, 0.5) is 0 Å². The number of nitrogens with zero attached hydrogens (tertiary/aromatic N) is 4. The molecular formula is C22H23N5O2S. The Balaban J connectivity index is 1.61. The summed E-state index contributed by atoms with van der Waals surface area (Å²) in [6, 6.07) is 17.5. The molecule has 0 aliphatic carbocycles. The first kappa shape index (κ1) is 20.3. The molecule has 30 heavy (non-hydrogen) atoms. The van der Waals surface area contributed by atoms with Crippen LogP contribution < -0.4 is 5.56 Å². The number of para-hydroxylation sites is 1. The number of methoxy groups -OCH3 is 1. The molecule has 0 spiro atoms. The Labute approximate surface area is 178 Å². The van der Waals surface area contributed by atoms with Crippen molar-refractivity contribution in [2.45, 2.75) is 30.3 Å². The van der Waals surface area contributed by atoms with Gasteiger partial charge in [0.15, 0.2) is 5.16 Å². The van der Waals surface area contributed by atoms with Crippen molar-refractivity contribution >= 4 is 22.7 Å². The minimum absolute atomic E-state index is 0.0997. The monoisotopic (exact) mass is 421 g/mol. The summed E-state index contributed by atoms with van der Waals surface area (Å²) in [5.74, 6) is 1.50. The summed E-state index contributed by atoms with van der Waals surface area (Å²) < 4.78 is 7.36. The Morgan fingerprint density at radius 2 is 1.87 bits per heavy atom. The number of fused-ring (bicyclic) bond motifs is 1. The molecule has 1 atom stereocenters. The molecule has 4 rings (SSSR count). The summed E-state index contributed by atoms with van der Waals surface area (Å²) in [5.41, 5.74) is 1.73. The summed E-state index contributed by atoms with van der Waals surface area (Å²) >= 11 is 1.52. The molecule has 2 heterocycles. The maximum atomic E-state index is 12.4. The lowest BCUT2D eigenvalue weighted by Gasteiger charge is -2.13. The highest BCUT2D eigenvalue weighted by atomic mass is 32.2. The van der Waals surface area contributed by atoms with Crippen LogP contribution in [0.1, 0.15) is 29.4 Å². The van der Waals surface area contributed by atoms with Crippen molar-refractivity contribution in [3.63, 3.8) is 0 Å². The first-order valence-electron chi connectivity index (χ1n) is 9.76. The van der Waals surface area contributed by atoms with Crippen LogP contribution in [-0.4, -0.2) is 38.4 Å². The predicted molar refractivity (Wildman–Crippen MR) is 118 cm³/mol. The number of aromatic nitrogens is 5. The van der Waals surface area contributed by atoms with Gasteiger partial charge in [-0.15, -0.1) is 10.2 Å². The van der Waals surface area contributed by atoms with E-state index in [-0.39, 0.29) is 10.8 Å². The van der Waals surface area contributed by atoms with E-state index in [1.807, 2.05) is 43.3 Å². The van der Waals surface area contributed by atoms with E-state index < -0.39 is 0 Å². The largest absolute Gasteiger partial charge is 0.383 e. The zero-order valence-corrected chi connectivity index (χ0v) is 17.7. The van der Waals surface area contributed by atoms with Crippen LogP contribution in [0.3, 0.4) is 0 Å². The van der Waals surface area contributed by atoms with Gasteiger partial charge in [0.25, 0.3) is 5.56 Å².